The van der Waals surface area contributed by atoms with E-state index in [-0.39, 0.29) is 6.04 Å². The molecular formula is C24H28N4O. The molecule has 0 spiro atoms. The van der Waals surface area contributed by atoms with E-state index in [1.165, 1.54) is 17.5 Å². The fraction of sp³-hybridized carbons (Fsp3) is 0.333. The highest BCUT2D eigenvalue weighted by Crippen LogP contribution is 2.38. The first-order valence-electron chi connectivity index (χ1n) is 10.1. The van der Waals surface area contributed by atoms with Crippen LogP contribution in [0.4, 0.5) is 5.95 Å². The lowest BCUT2D eigenvalue weighted by atomic mass is 9.99. The van der Waals surface area contributed by atoms with Crippen LogP contribution in [0.5, 0.6) is 5.75 Å². The number of ether oxygens (including phenoxy) is 1. The Kier molecular flexibility index (Phi) is 5.76. The lowest BCUT2D eigenvalue weighted by Gasteiger charge is -2.27. The van der Waals surface area contributed by atoms with Gasteiger partial charge in [-0.2, -0.15) is 0 Å². The number of hydrogen-bond acceptors (Lipinski definition) is 5. The van der Waals surface area contributed by atoms with E-state index in [4.69, 9.17) is 9.72 Å². The lowest BCUT2D eigenvalue weighted by Crippen LogP contribution is -2.25. The van der Waals surface area contributed by atoms with Gasteiger partial charge in [0.25, 0.3) is 0 Å². The van der Waals surface area contributed by atoms with Crippen molar-refractivity contribution in [2.24, 2.45) is 0 Å². The molecule has 0 saturated carbocycles. The van der Waals surface area contributed by atoms with Gasteiger partial charge in [0.15, 0.2) is 0 Å². The number of anilines is 1. The zero-order valence-electron chi connectivity index (χ0n) is 17.4. The predicted octanol–water partition coefficient (Wildman–Crippen LogP) is 4.56. The molecule has 1 aromatic heterocycles. The molecule has 0 radical (unpaired) electrons. The van der Waals surface area contributed by atoms with Crippen LogP contribution < -0.4 is 9.64 Å². The molecular weight excluding hydrogens is 360 g/mol. The van der Waals surface area contributed by atoms with Gasteiger partial charge in [0.05, 0.1) is 18.8 Å². The maximum Gasteiger partial charge on any atom is 0.225 e. The van der Waals surface area contributed by atoms with Gasteiger partial charge in [0, 0.05) is 32.4 Å². The Hall–Kier alpha value is -2.92. The number of likely N-dealkylation sites (tertiary alicyclic amines) is 1. The molecule has 5 nitrogen and oxygen atoms in total. The Labute approximate surface area is 173 Å². The summed E-state index contributed by atoms with van der Waals surface area (Å²) in [4.78, 5) is 14.1. The first-order valence-corrected chi connectivity index (χ1v) is 10.1. The Morgan fingerprint density at radius 2 is 1.93 bits per heavy atom. The zero-order chi connectivity index (χ0) is 20.2. The normalized spacial score (nSPS) is 16.7. The maximum atomic E-state index is 5.41. The molecule has 4 rings (SSSR count). The van der Waals surface area contributed by atoms with Crippen molar-refractivity contribution >= 4 is 5.95 Å². The minimum absolute atomic E-state index is 0.276. The molecule has 1 aliphatic heterocycles. The standard InChI is InChI=1S/C24H28N4O/c1-27(2)24-25-16-21(19-10-5-4-6-11-19)23(26-24)22-13-8-14-28(22)17-18-9-7-12-20(15-18)29-3/h4-7,9-12,15-16,22H,8,13-14,17H2,1-3H3. The van der Waals surface area contributed by atoms with E-state index in [2.05, 4.69) is 52.3 Å². The molecule has 5 heteroatoms. The van der Waals surface area contributed by atoms with Crippen molar-refractivity contribution in [2.45, 2.75) is 25.4 Å². The molecule has 0 bridgehead atoms. The van der Waals surface area contributed by atoms with Crippen molar-refractivity contribution in [2.75, 3.05) is 32.6 Å². The smallest absolute Gasteiger partial charge is 0.225 e. The number of methoxy groups -OCH3 is 1. The van der Waals surface area contributed by atoms with Crippen LogP contribution in [0.2, 0.25) is 0 Å². The second-order valence-corrected chi connectivity index (χ2v) is 7.71. The van der Waals surface area contributed by atoms with Gasteiger partial charge in [0.1, 0.15) is 5.75 Å². The molecule has 1 fully saturated rings. The van der Waals surface area contributed by atoms with Gasteiger partial charge in [0.2, 0.25) is 5.95 Å². The zero-order valence-corrected chi connectivity index (χ0v) is 17.4. The number of rotatable bonds is 6. The molecule has 0 N–H and O–H groups in total. The number of aromatic nitrogens is 2. The third kappa shape index (κ3) is 4.25. The Balaban J connectivity index is 1.70. The summed E-state index contributed by atoms with van der Waals surface area (Å²) >= 11 is 0. The van der Waals surface area contributed by atoms with E-state index in [9.17, 15) is 0 Å². The van der Waals surface area contributed by atoms with Gasteiger partial charge in [-0.3, -0.25) is 4.90 Å². The van der Waals surface area contributed by atoms with Gasteiger partial charge in [-0.1, -0.05) is 42.5 Å². The summed E-state index contributed by atoms with van der Waals surface area (Å²) in [6, 6.07) is 19.1. The summed E-state index contributed by atoms with van der Waals surface area (Å²) in [7, 11) is 5.70. The van der Waals surface area contributed by atoms with Crippen LogP contribution >= 0.6 is 0 Å². The third-order valence-electron chi connectivity index (χ3n) is 5.49. The molecule has 1 atom stereocenters. The highest BCUT2D eigenvalue weighted by atomic mass is 16.5. The van der Waals surface area contributed by atoms with Crippen molar-refractivity contribution in [1.82, 2.24) is 14.9 Å². The van der Waals surface area contributed by atoms with E-state index < -0.39 is 0 Å². The number of nitrogens with zero attached hydrogens (tertiary/aromatic N) is 4. The quantitative estimate of drug-likeness (QED) is 0.619. The largest absolute Gasteiger partial charge is 0.497 e. The van der Waals surface area contributed by atoms with Crippen LogP contribution in [0.3, 0.4) is 0 Å². The first-order chi connectivity index (χ1) is 14.2. The fourth-order valence-corrected chi connectivity index (χ4v) is 4.03. The molecule has 0 aliphatic carbocycles. The fourth-order valence-electron chi connectivity index (χ4n) is 4.03. The first kappa shape index (κ1) is 19.4. The van der Waals surface area contributed by atoms with Crippen LogP contribution in [-0.4, -0.2) is 42.6 Å². The third-order valence-corrected chi connectivity index (χ3v) is 5.49. The molecule has 0 amide bonds. The summed E-state index contributed by atoms with van der Waals surface area (Å²) in [6.45, 7) is 1.95. The summed E-state index contributed by atoms with van der Waals surface area (Å²) in [5.74, 6) is 1.66. The van der Waals surface area contributed by atoms with E-state index in [0.29, 0.717) is 0 Å². The molecule has 2 heterocycles. The Bertz CT molecular complexity index is 958. The van der Waals surface area contributed by atoms with Crippen LogP contribution in [-0.2, 0) is 6.54 Å². The monoisotopic (exact) mass is 388 g/mol. The van der Waals surface area contributed by atoms with Gasteiger partial charge >= 0.3 is 0 Å². The van der Waals surface area contributed by atoms with E-state index in [0.717, 1.165) is 42.5 Å². The molecule has 1 unspecified atom stereocenters. The molecule has 150 valence electrons. The van der Waals surface area contributed by atoms with Crippen molar-refractivity contribution in [3.05, 3.63) is 72.1 Å². The summed E-state index contributed by atoms with van der Waals surface area (Å²) in [6.07, 6.45) is 4.26. The minimum atomic E-state index is 0.276. The van der Waals surface area contributed by atoms with Gasteiger partial charge in [-0.05, 0) is 42.6 Å². The van der Waals surface area contributed by atoms with Crippen molar-refractivity contribution in [1.29, 1.82) is 0 Å². The van der Waals surface area contributed by atoms with Crippen LogP contribution in [0.15, 0.2) is 60.8 Å². The van der Waals surface area contributed by atoms with Gasteiger partial charge in [-0.25, -0.2) is 9.97 Å². The van der Waals surface area contributed by atoms with Crippen molar-refractivity contribution in [3.63, 3.8) is 0 Å². The van der Waals surface area contributed by atoms with E-state index in [1.54, 1.807) is 7.11 Å². The average Bonchev–Trinajstić information content (AvgIpc) is 3.22. The number of hydrogen-bond donors (Lipinski definition) is 0. The summed E-state index contributed by atoms with van der Waals surface area (Å²) in [5, 5.41) is 0. The van der Waals surface area contributed by atoms with Crippen LogP contribution in [0.1, 0.15) is 30.1 Å². The summed E-state index contributed by atoms with van der Waals surface area (Å²) < 4.78 is 5.41. The SMILES string of the molecule is COc1cccc(CN2CCCC2c2nc(N(C)C)ncc2-c2ccccc2)c1. The average molecular weight is 389 g/mol. The molecule has 1 aliphatic rings. The van der Waals surface area contributed by atoms with E-state index in [1.807, 2.05) is 37.3 Å². The van der Waals surface area contributed by atoms with E-state index >= 15 is 0 Å². The van der Waals surface area contributed by atoms with Gasteiger partial charge < -0.3 is 9.64 Å². The van der Waals surface area contributed by atoms with Crippen LogP contribution in [0, 0.1) is 0 Å². The number of benzene rings is 2. The van der Waals surface area contributed by atoms with Gasteiger partial charge in [-0.15, -0.1) is 0 Å². The lowest BCUT2D eigenvalue weighted by molar-refractivity contribution is 0.244. The molecule has 29 heavy (non-hydrogen) atoms. The summed E-state index contributed by atoms with van der Waals surface area (Å²) in [5.41, 5.74) is 4.68. The second-order valence-electron chi connectivity index (χ2n) is 7.71. The molecule has 2 aromatic carbocycles. The topological polar surface area (TPSA) is 41.5 Å². The Morgan fingerprint density at radius 3 is 2.69 bits per heavy atom. The van der Waals surface area contributed by atoms with Crippen molar-refractivity contribution in [3.8, 4) is 16.9 Å². The molecule has 1 saturated heterocycles. The van der Waals surface area contributed by atoms with Crippen LogP contribution in [0.25, 0.3) is 11.1 Å². The molecule has 3 aromatic rings. The van der Waals surface area contributed by atoms with Crippen molar-refractivity contribution < 1.29 is 4.74 Å². The maximum absolute atomic E-state index is 5.41. The second kappa shape index (κ2) is 8.62. The minimum Gasteiger partial charge on any atom is -0.497 e. The Morgan fingerprint density at radius 1 is 1.10 bits per heavy atom. The highest BCUT2D eigenvalue weighted by molar-refractivity contribution is 5.66. The predicted molar refractivity (Wildman–Crippen MR) is 117 cm³/mol. The highest BCUT2D eigenvalue weighted by Gasteiger charge is 2.30.